The first-order valence-electron chi connectivity index (χ1n) is 6.24. The number of benzene rings is 1. The summed E-state index contributed by atoms with van der Waals surface area (Å²) in [5.74, 6) is -0.316. The highest BCUT2D eigenvalue weighted by molar-refractivity contribution is 5.71. The van der Waals surface area contributed by atoms with Gasteiger partial charge in [0, 0.05) is 5.41 Å². The Morgan fingerprint density at radius 1 is 1.44 bits per heavy atom. The van der Waals surface area contributed by atoms with Crippen LogP contribution < -0.4 is 0 Å². The van der Waals surface area contributed by atoms with E-state index >= 15 is 0 Å². The number of azo groups is 1. The Labute approximate surface area is 107 Å². The summed E-state index contributed by atoms with van der Waals surface area (Å²) in [6.07, 6.45) is 0.989. The number of carbonyl (C=O) groups is 1. The molecular formula is C14H18N2O2. The van der Waals surface area contributed by atoms with Crippen LogP contribution in [-0.2, 0) is 14.9 Å². The molecule has 0 aliphatic heterocycles. The summed E-state index contributed by atoms with van der Waals surface area (Å²) in [7, 11) is 0. The van der Waals surface area contributed by atoms with E-state index in [9.17, 15) is 4.79 Å². The van der Waals surface area contributed by atoms with E-state index in [0.717, 1.165) is 6.42 Å². The summed E-state index contributed by atoms with van der Waals surface area (Å²) in [6, 6.07) is 10.5. The van der Waals surface area contributed by atoms with E-state index in [1.165, 1.54) is 5.56 Å². The molecule has 1 aliphatic carbocycles. The fraction of sp³-hybridized carbons (Fsp3) is 0.500. The Morgan fingerprint density at radius 2 is 2.17 bits per heavy atom. The molecule has 0 radical (unpaired) electrons. The molecule has 4 nitrogen and oxygen atoms in total. The molecular weight excluding hydrogens is 228 g/mol. The maximum absolute atomic E-state index is 11.1. The second-order valence-corrected chi connectivity index (χ2v) is 4.72. The quantitative estimate of drug-likeness (QED) is 0.592. The van der Waals surface area contributed by atoms with E-state index in [0.29, 0.717) is 6.61 Å². The Morgan fingerprint density at radius 3 is 2.83 bits per heavy atom. The number of hydrogen-bond acceptors (Lipinski definition) is 4. The maximum atomic E-state index is 11.1. The lowest BCUT2D eigenvalue weighted by molar-refractivity contribution is -0.141. The fourth-order valence-electron chi connectivity index (χ4n) is 2.04. The smallest absolute Gasteiger partial charge is 0.329 e. The van der Waals surface area contributed by atoms with E-state index in [4.69, 9.17) is 4.74 Å². The van der Waals surface area contributed by atoms with Crippen molar-refractivity contribution in [2.45, 2.75) is 31.7 Å². The normalized spacial score (nSPS) is 26.2. The van der Waals surface area contributed by atoms with Crippen molar-refractivity contribution in [1.82, 2.24) is 0 Å². The van der Waals surface area contributed by atoms with Crippen molar-refractivity contribution >= 4 is 5.97 Å². The van der Waals surface area contributed by atoms with Crippen LogP contribution in [0.1, 0.15) is 25.8 Å². The van der Waals surface area contributed by atoms with Crippen molar-refractivity contribution in [2.24, 2.45) is 10.2 Å². The number of carbonyl (C=O) groups excluding carboxylic acids is 1. The van der Waals surface area contributed by atoms with Gasteiger partial charge in [0.1, 0.15) is 0 Å². The van der Waals surface area contributed by atoms with Gasteiger partial charge in [-0.3, -0.25) is 0 Å². The summed E-state index contributed by atoms with van der Waals surface area (Å²) >= 11 is 0. The van der Waals surface area contributed by atoms with Gasteiger partial charge < -0.3 is 4.74 Å². The predicted octanol–water partition coefficient (Wildman–Crippen LogP) is 2.73. The third-order valence-electron chi connectivity index (χ3n) is 3.35. The molecule has 1 aromatic carbocycles. The van der Waals surface area contributed by atoms with Crippen molar-refractivity contribution < 1.29 is 9.53 Å². The Balaban J connectivity index is 1.87. The molecule has 2 atom stereocenters. The minimum absolute atomic E-state index is 0.0230. The van der Waals surface area contributed by atoms with E-state index < -0.39 is 0 Å². The van der Waals surface area contributed by atoms with E-state index in [1.54, 1.807) is 6.92 Å². The molecule has 1 aromatic rings. The Bertz CT molecular complexity index is 444. The van der Waals surface area contributed by atoms with Crippen LogP contribution in [0.25, 0.3) is 0 Å². The van der Waals surface area contributed by atoms with Crippen molar-refractivity contribution in [1.29, 1.82) is 0 Å². The molecule has 1 saturated carbocycles. The fourth-order valence-corrected chi connectivity index (χ4v) is 2.04. The van der Waals surface area contributed by atoms with Gasteiger partial charge in [0.05, 0.1) is 12.6 Å². The zero-order valence-corrected chi connectivity index (χ0v) is 10.8. The molecule has 0 unspecified atom stereocenters. The number of ether oxygens (including phenoxy) is 1. The molecule has 96 valence electrons. The number of rotatable bonds is 5. The highest BCUT2D eigenvalue weighted by atomic mass is 16.5. The molecule has 1 fully saturated rings. The summed E-state index contributed by atoms with van der Waals surface area (Å²) in [6.45, 7) is 4.37. The largest absolute Gasteiger partial charge is 0.465 e. The average Bonchev–Trinajstić information content (AvgIpc) is 3.03. The first kappa shape index (κ1) is 12.7. The number of hydrogen-bond donors (Lipinski definition) is 0. The second kappa shape index (κ2) is 5.29. The third kappa shape index (κ3) is 2.75. The van der Waals surface area contributed by atoms with Crippen LogP contribution in [0, 0.1) is 0 Å². The van der Waals surface area contributed by atoms with Crippen molar-refractivity contribution in [2.75, 3.05) is 13.2 Å². The summed E-state index contributed by atoms with van der Waals surface area (Å²) in [5.41, 5.74) is 1.37. The number of esters is 1. The van der Waals surface area contributed by atoms with Gasteiger partial charge in [-0.15, -0.1) is 0 Å². The van der Waals surface area contributed by atoms with Gasteiger partial charge in [-0.25, -0.2) is 4.79 Å². The molecule has 0 bridgehead atoms. The van der Waals surface area contributed by atoms with Crippen LogP contribution in [0.15, 0.2) is 40.6 Å². The van der Waals surface area contributed by atoms with Crippen LogP contribution >= 0.6 is 0 Å². The SMILES string of the molecule is CCOC(=O)CN=N[C@H]1C[C@]1(C)c1ccccc1. The minimum atomic E-state index is -0.316. The topological polar surface area (TPSA) is 51.0 Å². The van der Waals surface area contributed by atoms with E-state index in [2.05, 4.69) is 29.3 Å². The van der Waals surface area contributed by atoms with Crippen molar-refractivity contribution in [3.63, 3.8) is 0 Å². The lowest BCUT2D eigenvalue weighted by Gasteiger charge is -2.08. The molecule has 0 saturated heterocycles. The predicted molar refractivity (Wildman–Crippen MR) is 68.6 cm³/mol. The molecule has 18 heavy (non-hydrogen) atoms. The van der Waals surface area contributed by atoms with E-state index in [-0.39, 0.29) is 24.0 Å². The van der Waals surface area contributed by atoms with Gasteiger partial charge in [-0.2, -0.15) is 10.2 Å². The van der Waals surface area contributed by atoms with Gasteiger partial charge in [0.15, 0.2) is 6.54 Å². The standard InChI is InChI=1S/C14H18N2O2/c1-3-18-13(17)10-15-16-12-9-14(12,2)11-7-5-4-6-8-11/h4-8,12H,3,9-10H2,1-2H3/t12-,14+/m0/s1. The monoisotopic (exact) mass is 246 g/mol. The molecule has 2 rings (SSSR count). The van der Waals surface area contributed by atoms with Gasteiger partial charge >= 0.3 is 5.97 Å². The Kier molecular flexibility index (Phi) is 3.75. The molecule has 0 N–H and O–H groups in total. The van der Waals surface area contributed by atoms with E-state index in [1.807, 2.05) is 18.2 Å². The van der Waals surface area contributed by atoms with Crippen LogP contribution in [-0.4, -0.2) is 25.2 Å². The van der Waals surface area contributed by atoms with Crippen molar-refractivity contribution in [3.05, 3.63) is 35.9 Å². The summed E-state index contributed by atoms with van der Waals surface area (Å²) in [5, 5.41) is 8.13. The van der Waals surface area contributed by atoms with Crippen LogP contribution in [0.3, 0.4) is 0 Å². The Hall–Kier alpha value is -1.71. The summed E-state index contributed by atoms with van der Waals surface area (Å²) < 4.78 is 4.79. The molecule has 0 spiro atoms. The highest BCUT2D eigenvalue weighted by Crippen LogP contribution is 2.50. The van der Waals surface area contributed by atoms with Gasteiger partial charge in [0.2, 0.25) is 0 Å². The average molecular weight is 246 g/mol. The number of nitrogens with zero attached hydrogens (tertiary/aromatic N) is 2. The maximum Gasteiger partial charge on any atom is 0.329 e. The van der Waals surface area contributed by atoms with Crippen LogP contribution in [0.4, 0.5) is 0 Å². The lowest BCUT2D eigenvalue weighted by atomic mass is 9.98. The summed E-state index contributed by atoms with van der Waals surface area (Å²) in [4.78, 5) is 11.1. The zero-order chi connectivity index (χ0) is 13.0. The zero-order valence-electron chi connectivity index (χ0n) is 10.8. The van der Waals surface area contributed by atoms with Crippen molar-refractivity contribution in [3.8, 4) is 0 Å². The molecule has 0 heterocycles. The second-order valence-electron chi connectivity index (χ2n) is 4.72. The third-order valence-corrected chi connectivity index (χ3v) is 3.35. The molecule has 4 heteroatoms. The van der Waals surface area contributed by atoms with Gasteiger partial charge in [-0.05, 0) is 18.9 Å². The van der Waals surface area contributed by atoms with Crippen LogP contribution in [0.5, 0.6) is 0 Å². The first-order valence-corrected chi connectivity index (χ1v) is 6.24. The minimum Gasteiger partial charge on any atom is -0.465 e. The van der Waals surface area contributed by atoms with Gasteiger partial charge in [-0.1, -0.05) is 37.3 Å². The highest BCUT2D eigenvalue weighted by Gasteiger charge is 2.52. The van der Waals surface area contributed by atoms with Gasteiger partial charge in [0.25, 0.3) is 0 Å². The molecule has 0 aromatic heterocycles. The molecule has 0 amide bonds. The first-order chi connectivity index (χ1) is 8.66. The molecule has 1 aliphatic rings. The van der Waals surface area contributed by atoms with Crippen LogP contribution in [0.2, 0.25) is 0 Å². The lowest BCUT2D eigenvalue weighted by Crippen LogP contribution is -2.08.